The summed E-state index contributed by atoms with van der Waals surface area (Å²) < 4.78 is 17.9. The first kappa shape index (κ1) is 14.5. The second-order valence-corrected chi connectivity index (χ2v) is 12.1. The Morgan fingerprint density at radius 1 is 1.17 bits per heavy atom. The minimum atomic E-state index is -1.67. The van der Waals surface area contributed by atoms with E-state index in [4.69, 9.17) is 13.9 Å². The second kappa shape index (κ2) is 4.89. The molecule has 0 amide bonds. The van der Waals surface area contributed by atoms with Crippen LogP contribution in [0.1, 0.15) is 40.0 Å². The molecule has 2 fully saturated rings. The van der Waals surface area contributed by atoms with Crippen molar-refractivity contribution in [2.75, 3.05) is 19.8 Å². The molecule has 0 aromatic rings. The molecule has 2 heterocycles. The third-order valence-electron chi connectivity index (χ3n) is 4.98. The Morgan fingerprint density at radius 3 is 2.50 bits per heavy atom. The molecule has 4 heteroatoms. The molecule has 0 saturated carbocycles. The average molecular weight is 272 g/mol. The SMILES string of the molecule is CC(C)(C)[Si](C)(C)OC[C@@]12CCCO[C@@H]1OCC2. The number of fused-ring (bicyclic) bond motifs is 1. The zero-order valence-electron chi connectivity index (χ0n) is 12.5. The van der Waals surface area contributed by atoms with Gasteiger partial charge in [0.1, 0.15) is 0 Å². The summed E-state index contributed by atoms with van der Waals surface area (Å²) in [7, 11) is -1.67. The summed E-state index contributed by atoms with van der Waals surface area (Å²) >= 11 is 0. The molecule has 106 valence electrons. The summed E-state index contributed by atoms with van der Waals surface area (Å²) in [4.78, 5) is 0. The van der Waals surface area contributed by atoms with Gasteiger partial charge in [0, 0.05) is 18.6 Å². The van der Waals surface area contributed by atoms with E-state index in [0.29, 0.717) is 0 Å². The Hall–Kier alpha value is 0.0969. The van der Waals surface area contributed by atoms with Crippen LogP contribution in [0.3, 0.4) is 0 Å². The normalized spacial score (nSPS) is 33.5. The van der Waals surface area contributed by atoms with Crippen LogP contribution in [0.2, 0.25) is 18.1 Å². The van der Waals surface area contributed by atoms with Gasteiger partial charge in [-0.3, -0.25) is 0 Å². The van der Waals surface area contributed by atoms with Gasteiger partial charge in [-0.15, -0.1) is 0 Å². The molecule has 2 atom stereocenters. The number of ether oxygens (including phenoxy) is 2. The van der Waals surface area contributed by atoms with Crippen LogP contribution in [0.25, 0.3) is 0 Å². The van der Waals surface area contributed by atoms with Crippen LogP contribution < -0.4 is 0 Å². The molecule has 3 nitrogen and oxygen atoms in total. The van der Waals surface area contributed by atoms with Gasteiger partial charge in [0.2, 0.25) is 0 Å². The maximum absolute atomic E-state index is 6.42. The summed E-state index contributed by atoms with van der Waals surface area (Å²) in [5, 5.41) is 0.272. The maximum atomic E-state index is 6.42. The third-order valence-corrected chi connectivity index (χ3v) is 9.46. The van der Waals surface area contributed by atoms with Gasteiger partial charge in [-0.25, -0.2) is 0 Å². The van der Waals surface area contributed by atoms with Gasteiger partial charge in [0.15, 0.2) is 14.6 Å². The summed E-state index contributed by atoms with van der Waals surface area (Å²) in [6, 6.07) is 0. The van der Waals surface area contributed by atoms with E-state index in [1.165, 1.54) is 6.42 Å². The van der Waals surface area contributed by atoms with Crippen LogP contribution in [0, 0.1) is 5.41 Å². The fourth-order valence-electron chi connectivity index (χ4n) is 2.50. The Morgan fingerprint density at radius 2 is 1.83 bits per heavy atom. The first-order chi connectivity index (χ1) is 8.27. The summed E-state index contributed by atoms with van der Waals surface area (Å²) in [5.41, 5.74) is 0.133. The van der Waals surface area contributed by atoms with E-state index < -0.39 is 8.32 Å². The summed E-state index contributed by atoms with van der Waals surface area (Å²) in [6.07, 6.45) is 3.40. The van der Waals surface area contributed by atoms with Crippen LogP contribution in [-0.2, 0) is 13.9 Å². The van der Waals surface area contributed by atoms with Crippen LogP contribution >= 0.6 is 0 Å². The zero-order valence-corrected chi connectivity index (χ0v) is 13.5. The van der Waals surface area contributed by atoms with Crippen LogP contribution in [0.5, 0.6) is 0 Å². The van der Waals surface area contributed by atoms with Crippen molar-refractivity contribution in [3.63, 3.8) is 0 Å². The highest BCUT2D eigenvalue weighted by atomic mass is 28.4. The van der Waals surface area contributed by atoms with Gasteiger partial charge in [0.25, 0.3) is 0 Å². The van der Waals surface area contributed by atoms with Crippen LogP contribution in [0.4, 0.5) is 0 Å². The largest absolute Gasteiger partial charge is 0.416 e. The highest BCUT2D eigenvalue weighted by Crippen LogP contribution is 2.45. The van der Waals surface area contributed by atoms with Crippen molar-refractivity contribution in [3.8, 4) is 0 Å². The highest BCUT2D eigenvalue weighted by Gasteiger charge is 2.49. The quantitative estimate of drug-likeness (QED) is 0.735. The lowest BCUT2D eigenvalue weighted by Crippen LogP contribution is -2.48. The van der Waals surface area contributed by atoms with Crippen LogP contribution in [0.15, 0.2) is 0 Å². The Labute approximate surface area is 112 Å². The molecule has 2 saturated heterocycles. The van der Waals surface area contributed by atoms with Crippen molar-refractivity contribution in [2.45, 2.75) is 64.5 Å². The molecule has 0 aromatic heterocycles. The van der Waals surface area contributed by atoms with E-state index in [1.54, 1.807) is 0 Å². The number of hydrogen-bond acceptors (Lipinski definition) is 3. The fraction of sp³-hybridized carbons (Fsp3) is 1.00. The minimum Gasteiger partial charge on any atom is -0.416 e. The Balaban J connectivity index is 2.00. The predicted octanol–water partition coefficient (Wildman–Crippen LogP) is 3.55. The average Bonchev–Trinajstić information content (AvgIpc) is 2.69. The number of hydrogen-bond donors (Lipinski definition) is 0. The van der Waals surface area contributed by atoms with E-state index in [0.717, 1.165) is 32.7 Å². The lowest BCUT2D eigenvalue weighted by atomic mass is 9.80. The molecule has 0 aromatic carbocycles. The van der Waals surface area contributed by atoms with Gasteiger partial charge < -0.3 is 13.9 Å². The molecule has 2 aliphatic heterocycles. The molecule has 2 rings (SSSR count). The van der Waals surface area contributed by atoms with Gasteiger partial charge in [0.05, 0.1) is 6.61 Å². The van der Waals surface area contributed by atoms with Crippen molar-refractivity contribution >= 4 is 8.32 Å². The first-order valence-electron chi connectivity index (χ1n) is 7.14. The molecular weight excluding hydrogens is 244 g/mol. The van der Waals surface area contributed by atoms with Crippen molar-refractivity contribution in [3.05, 3.63) is 0 Å². The standard InChI is InChI=1S/C14H28O3Si/c1-13(2,3)18(4,5)17-11-14-7-6-9-15-12(14)16-10-8-14/h12H,6-11H2,1-5H3/t12-,14+/m1/s1. The molecule has 0 N–H and O–H groups in total. The molecule has 0 radical (unpaired) electrons. The molecule has 2 aliphatic rings. The molecule has 0 spiro atoms. The lowest BCUT2D eigenvalue weighted by Gasteiger charge is -2.42. The topological polar surface area (TPSA) is 27.7 Å². The van der Waals surface area contributed by atoms with E-state index in [2.05, 4.69) is 33.9 Å². The smallest absolute Gasteiger partial charge is 0.192 e. The molecule has 0 aliphatic carbocycles. The van der Waals surface area contributed by atoms with E-state index in [-0.39, 0.29) is 16.7 Å². The molecule has 18 heavy (non-hydrogen) atoms. The lowest BCUT2D eigenvalue weighted by molar-refractivity contribution is -0.193. The molecular formula is C14H28O3Si. The predicted molar refractivity (Wildman–Crippen MR) is 75.1 cm³/mol. The van der Waals surface area contributed by atoms with Crippen molar-refractivity contribution in [2.24, 2.45) is 5.41 Å². The van der Waals surface area contributed by atoms with E-state index >= 15 is 0 Å². The van der Waals surface area contributed by atoms with Gasteiger partial charge >= 0.3 is 0 Å². The second-order valence-electron chi connectivity index (χ2n) is 7.34. The monoisotopic (exact) mass is 272 g/mol. The highest BCUT2D eigenvalue weighted by molar-refractivity contribution is 6.74. The van der Waals surface area contributed by atoms with Gasteiger partial charge in [-0.2, -0.15) is 0 Å². The van der Waals surface area contributed by atoms with Crippen LogP contribution in [-0.4, -0.2) is 34.4 Å². The Bertz CT molecular complexity index is 298. The van der Waals surface area contributed by atoms with Gasteiger partial charge in [-0.05, 0) is 37.4 Å². The van der Waals surface area contributed by atoms with Crippen molar-refractivity contribution in [1.29, 1.82) is 0 Å². The Kier molecular flexibility index (Phi) is 3.94. The number of rotatable bonds is 3. The first-order valence-corrected chi connectivity index (χ1v) is 10.0. The van der Waals surface area contributed by atoms with Crippen molar-refractivity contribution < 1.29 is 13.9 Å². The van der Waals surface area contributed by atoms with Gasteiger partial charge in [-0.1, -0.05) is 20.8 Å². The minimum absolute atomic E-state index is 0.0176. The van der Waals surface area contributed by atoms with E-state index in [9.17, 15) is 0 Å². The van der Waals surface area contributed by atoms with E-state index in [1.807, 2.05) is 0 Å². The molecule has 0 unspecified atom stereocenters. The summed E-state index contributed by atoms with van der Waals surface area (Å²) in [5.74, 6) is 0. The molecule has 0 bridgehead atoms. The third kappa shape index (κ3) is 2.67. The van der Waals surface area contributed by atoms with Crippen molar-refractivity contribution in [1.82, 2.24) is 0 Å². The zero-order chi connectivity index (χ0) is 13.4. The summed E-state index contributed by atoms with van der Waals surface area (Å²) in [6.45, 7) is 14.0. The maximum Gasteiger partial charge on any atom is 0.192 e. The fourth-order valence-corrected chi connectivity index (χ4v) is 3.58.